The van der Waals surface area contributed by atoms with Gasteiger partial charge in [-0.15, -0.1) is 0 Å². The van der Waals surface area contributed by atoms with E-state index in [-0.39, 0.29) is 5.91 Å². The molecule has 1 heterocycles. The molecule has 1 saturated heterocycles. The highest BCUT2D eigenvalue weighted by molar-refractivity contribution is 14.1. The SMILES string of the molecule is O=C(c1ccc(Cl)c(I)c1)N1CCC(Nc2ccccc2)C1. The molecule has 0 radical (unpaired) electrons. The van der Waals surface area contributed by atoms with Crippen LogP contribution in [0.3, 0.4) is 0 Å². The molecule has 2 aromatic rings. The van der Waals surface area contributed by atoms with Crippen molar-refractivity contribution in [1.29, 1.82) is 0 Å². The molecule has 0 aliphatic carbocycles. The van der Waals surface area contributed by atoms with E-state index >= 15 is 0 Å². The Bertz CT molecular complexity index is 678. The van der Waals surface area contributed by atoms with Crippen LogP contribution in [0.2, 0.25) is 5.02 Å². The fraction of sp³-hybridized carbons (Fsp3) is 0.235. The molecule has 0 spiro atoms. The molecule has 0 bridgehead atoms. The van der Waals surface area contributed by atoms with E-state index in [2.05, 4.69) is 27.9 Å². The van der Waals surface area contributed by atoms with E-state index in [0.717, 1.165) is 28.8 Å². The zero-order valence-corrected chi connectivity index (χ0v) is 14.8. The summed E-state index contributed by atoms with van der Waals surface area (Å²) in [6, 6.07) is 15.8. The monoisotopic (exact) mass is 426 g/mol. The minimum atomic E-state index is 0.0759. The maximum Gasteiger partial charge on any atom is 0.253 e. The summed E-state index contributed by atoms with van der Waals surface area (Å²) in [5, 5.41) is 4.16. The number of hydrogen-bond donors (Lipinski definition) is 1. The highest BCUT2D eigenvalue weighted by Crippen LogP contribution is 2.22. The minimum Gasteiger partial charge on any atom is -0.380 e. The molecule has 5 heteroatoms. The Labute approximate surface area is 148 Å². The number of carbonyl (C=O) groups is 1. The van der Waals surface area contributed by atoms with E-state index in [4.69, 9.17) is 11.6 Å². The number of para-hydroxylation sites is 1. The van der Waals surface area contributed by atoms with Crippen LogP contribution >= 0.6 is 34.2 Å². The highest BCUT2D eigenvalue weighted by Gasteiger charge is 2.27. The van der Waals surface area contributed by atoms with Gasteiger partial charge < -0.3 is 10.2 Å². The van der Waals surface area contributed by atoms with Gasteiger partial charge in [0.15, 0.2) is 0 Å². The van der Waals surface area contributed by atoms with Gasteiger partial charge in [0.05, 0.1) is 5.02 Å². The molecule has 2 aromatic carbocycles. The van der Waals surface area contributed by atoms with Crippen LogP contribution in [0, 0.1) is 3.57 Å². The van der Waals surface area contributed by atoms with Gasteiger partial charge in [0.2, 0.25) is 0 Å². The summed E-state index contributed by atoms with van der Waals surface area (Å²) in [5.74, 6) is 0.0759. The summed E-state index contributed by atoms with van der Waals surface area (Å²) in [6.07, 6.45) is 0.964. The molecule has 1 aliphatic heterocycles. The Morgan fingerprint density at radius 3 is 2.73 bits per heavy atom. The number of carbonyl (C=O) groups excluding carboxylic acids is 1. The van der Waals surface area contributed by atoms with Gasteiger partial charge in [0, 0.05) is 34.0 Å². The second-order valence-corrected chi connectivity index (χ2v) is 6.95. The van der Waals surface area contributed by atoms with Crippen LogP contribution in [-0.4, -0.2) is 29.9 Å². The van der Waals surface area contributed by atoms with E-state index in [1.807, 2.05) is 41.3 Å². The molecule has 1 atom stereocenters. The number of hydrogen-bond acceptors (Lipinski definition) is 2. The van der Waals surface area contributed by atoms with Gasteiger partial charge in [-0.1, -0.05) is 29.8 Å². The lowest BCUT2D eigenvalue weighted by Gasteiger charge is -2.18. The Morgan fingerprint density at radius 1 is 1.23 bits per heavy atom. The summed E-state index contributed by atoms with van der Waals surface area (Å²) >= 11 is 8.17. The standard InChI is InChI=1S/C17H16ClIN2O/c18-15-7-6-12(10-16(15)19)17(22)21-9-8-14(11-21)20-13-4-2-1-3-5-13/h1-7,10,14,20H,8-9,11H2. The summed E-state index contributed by atoms with van der Waals surface area (Å²) < 4.78 is 0.906. The van der Waals surface area contributed by atoms with Crippen molar-refractivity contribution in [3.05, 3.63) is 62.7 Å². The first-order chi connectivity index (χ1) is 10.6. The van der Waals surface area contributed by atoms with Gasteiger partial charge in [0.25, 0.3) is 5.91 Å². The molecular weight excluding hydrogens is 411 g/mol. The summed E-state index contributed by atoms with van der Waals surface area (Å²) in [7, 11) is 0. The average Bonchev–Trinajstić information content (AvgIpc) is 2.99. The average molecular weight is 427 g/mol. The Kier molecular flexibility index (Phi) is 4.88. The minimum absolute atomic E-state index is 0.0759. The van der Waals surface area contributed by atoms with E-state index in [0.29, 0.717) is 16.6 Å². The van der Waals surface area contributed by atoms with Gasteiger partial charge >= 0.3 is 0 Å². The largest absolute Gasteiger partial charge is 0.380 e. The third-order valence-electron chi connectivity index (χ3n) is 3.79. The van der Waals surface area contributed by atoms with Crippen molar-refractivity contribution in [2.75, 3.05) is 18.4 Å². The lowest BCUT2D eigenvalue weighted by molar-refractivity contribution is 0.0791. The van der Waals surface area contributed by atoms with Crippen LogP contribution in [0.1, 0.15) is 16.8 Å². The number of nitrogens with one attached hydrogen (secondary N) is 1. The van der Waals surface area contributed by atoms with Crippen molar-refractivity contribution in [3.8, 4) is 0 Å². The van der Waals surface area contributed by atoms with E-state index in [1.54, 1.807) is 12.1 Å². The molecule has 3 rings (SSSR count). The van der Waals surface area contributed by atoms with E-state index < -0.39 is 0 Å². The van der Waals surface area contributed by atoms with Crippen LogP contribution in [0.25, 0.3) is 0 Å². The molecule has 1 amide bonds. The van der Waals surface area contributed by atoms with Crippen LogP contribution in [0.4, 0.5) is 5.69 Å². The van der Waals surface area contributed by atoms with Gasteiger partial charge in [0.1, 0.15) is 0 Å². The number of halogens is 2. The predicted octanol–water partition coefficient (Wildman–Crippen LogP) is 4.27. The first kappa shape index (κ1) is 15.6. The molecule has 1 unspecified atom stereocenters. The van der Waals surface area contributed by atoms with E-state index in [9.17, 15) is 4.79 Å². The predicted molar refractivity (Wildman–Crippen MR) is 98.5 cm³/mol. The zero-order valence-electron chi connectivity index (χ0n) is 11.9. The summed E-state index contributed by atoms with van der Waals surface area (Å²) in [4.78, 5) is 14.5. The van der Waals surface area contributed by atoms with Crippen molar-refractivity contribution in [2.45, 2.75) is 12.5 Å². The van der Waals surface area contributed by atoms with E-state index in [1.165, 1.54) is 0 Å². The van der Waals surface area contributed by atoms with Gasteiger partial charge in [-0.2, -0.15) is 0 Å². The maximum absolute atomic E-state index is 12.6. The topological polar surface area (TPSA) is 32.3 Å². The van der Waals surface area contributed by atoms with Crippen molar-refractivity contribution < 1.29 is 4.79 Å². The summed E-state index contributed by atoms with van der Waals surface area (Å²) in [6.45, 7) is 1.51. The third-order valence-corrected chi connectivity index (χ3v) is 5.33. The number of benzene rings is 2. The Hall–Kier alpha value is -1.27. The number of amides is 1. The number of nitrogens with zero attached hydrogens (tertiary/aromatic N) is 1. The number of likely N-dealkylation sites (tertiary alicyclic amines) is 1. The van der Waals surface area contributed by atoms with Crippen molar-refractivity contribution in [3.63, 3.8) is 0 Å². The lowest BCUT2D eigenvalue weighted by Crippen LogP contribution is -2.31. The first-order valence-electron chi connectivity index (χ1n) is 7.19. The molecule has 1 fully saturated rings. The molecule has 0 saturated carbocycles. The molecule has 1 N–H and O–H groups in total. The Balaban J connectivity index is 1.64. The second kappa shape index (κ2) is 6.87. The maximum atomic E-state index is 12.6. The Morgan fingerprint density at radius 2 is 2.00 bits per heavy atom. The van der Waals surface area contributed by atoms with Gasteiger partial charge in [-0.05, 0) is 59.3 Å². The highest BCUT2D eigenvalue weighted by atomic mass is 127. The number of anilines is 1. The van der Waals surface area contributed by atoms with Gasteiger partial charge in [-0.25, -0.2) is 0 Å². The first-order valence-corrected chi connectivity index (χ1v) is 8.65. The third kappa shape index (κ3) is 3.55. The van der Waals surface area contributed by atoms with Crippen LogP contribution in [-0.2, 0) is 0 Å². The molecule has 22 heavy (non-hydrogen) atoms. The van der Waals surface area contributed by atoms with Crippen LogP contribution in [0.5, 0.6) is 0 Å². The fourth-order valence-electron chi connectivity index (χ4n) is 2.64. The van der Waals surface area contributed by atoms with Crippen molar-refractivity contribution >= 4 is 45.8 Å². The molecule has 114 valence electrons. The van der Waals surface area contributed by atoms with Crippen LogP contribution in [0.15, 0.2) is 48.5 Å². The quantitative estimate of drug-likeness (QED) is 0.744. The molecule has 1 aliphatic rings. The van der Waals surface area contributed by atoms with Crippen molar-refractivity contribution in [2.24, 2.45) is 0 Å². The zero-order chi connectivity index (χ0) is 15.5. The number of rotatable bonds is 3. The molecule has 0 aromatic heterocycles. The van der Waals surface area contributed by atoms with Crippen LogP contribution < -0.4 is 5.32 Å². The smallest absolute Gasteiger partial charge is 0.253 e. The fourth-order valence-corrected chi connectivity index (χ4v) is 3.28. The molecular formula is C17H16ClIN2O. The summed E-state index contributed by atoms with van der Waals surface area (Å²) in [5.41, 5.74) is 1.80. The molecule has 3 nitrogen and oxygen atoms in total. The lowest BCUT2D eigenvalue weighted by atomic mass is 10.2. The normalized spacial score (nSPS) is 17.5. The van der Waals surface area contributed by atoms with Crippen molar-refractivity contribution in [1.82, 2.24) is 4.90 Å². The second-order valence-electron chi connectivity index (χ2n) is 5.38. The van der Waals surface area contributed by atoms with Gasteiger partial charge in [-0.3, -0.25) is 4.79 Å².